The fourth-order valence-corrected chi connectivity index (χ4v) is 3.59. The molecule has 1 N–H and O–H groups in total. The molecule has 0 saturated heterocycles. The molecule has 4 rings (SSSR count). The minimum atomic E-state index is -0.392. The van der Waals surface area contributed by atoms with Crippen molar-refractivity contribution < 1.29 is 13.9 Å². The van der Waals surface area contributed by atoms with Crippen molar-refractivity contribution in [1.82, 2.24) is 15.0 Å². The van der Waals surface area contributed by atoms with Gasteiger partial charge in [-0.05, 0) is 44.4 Å². The number of aryl methyl sites for hydroxylation is 2. The summed E-state index contributed by atoms with van der Waals surface area (Å²) in [6.45, 7) is 7.79. The predicted molar refractivity (Wildman–Crippen MR) is 105 cm³/mol. The molecule has 0 aliphatic rings. The molecular weight excluding hydrogens is 342 g/mol. The number of carbonyl (C=O) groups is 1. The number of aromatic nitrogens is 3. The number of hydrogen-bond acceptors (Lipinski definition) is 5. The van der Waals surface area contributed by atoms with Gasteiger partial charge in [0.15, 0.2) is 17.2 Å². The molecule has 3 aromatic heterocycles. The zero-order valence-corrected chi connectivity index (χ0v) is 16.0. The van der Waals surface area contributed by atoms with Crippen LogP contribution in [0.15, 0.2) is 22.7 Å². The average molecular weight is 365 g/mol. The summed E-state index contributed by atoms with van der Waals surface area (Å²) in [7, 11) is 0. The van der Waals surface area contributed by atoms with Gasteiger partial charge in [0.25, 0.3) is 0 Å². The Morgan fingerprint density at radius 3 is 2.74 bits per heavy atom. The maximum Gasteiger partial charge on any atom is 0.357 e. The van der Waals surface area contributed by atoms with Gasteiger partial charge < -0.3 is 14.1 Å². The van der Waals surface area contributed by atoms with E-state index in [4.69, 9.17) is 14.1 Å². The molecule has 0 saturated carbocycles. The van der Waals surface area contributed by atoms with Gasteiger partial charge in [-0.15, -0.1) is 0 Å². The molecule has 27 heavy (non-hydrogen) atoms. The van der Waals surface area contributed by atoms with Crippen molar-refractivity contribution in [2.75, 3.05) is 0 Å². The van der Waals surface area contributed by atoms with Gasteiger partial charge >= 0.3 is 5.97 Å². The van der Waals surface area contributed by atoms with Crippen LogP contribution in [0.25, 0.3) is 32.9 Å². The van der Waals surface area contributed by atoms with E-state index in [9.17, 15) is 4.79 Å². The van der Waals surface area contributed by atoms with Gasteiger partial charge in [-0.2, -0.15) is 0 Å². The fraction of sp³-hybridized carbons (Fsp3) is 0.381. The Morgan fingerprint density at radius 2 is 2.04 bits per heavy atom. The van der Waals surface area contributed by atoms with E-state index in [1.54, 1.807) is 6.20 Å². The molecule has 140 valence electrons. The van der Waals surface area contributed by atoms with E-state index in [2.05, 4.69) is 16.9 Å². The predicted octanol–water partition coefficient (Wildman–Crippen LogP) is 4.94. The minimum absolute atomic E-state index is 0.193. The highest BCUT2D eigenvalue weighted by atomic mass is 16.5. The van der Waals surface area contributed by atoms with E-state index >= 15 is 0 Å². The molecule has 1 aromatic carbocycles. The highest BCUT2D eigenvalue weighted by molar-refractivity contribution is 6.20. The van der Waals surface area contributed by atoms with Gasteiger partial charge in [-0.1, -0.05) is 13.8 Å². The molecular formula is C21H23N3O3. The number of fused-ring (bicyclic) bond motifs is 5. The van der Waals surface area contributed by atoms with Crippen LogP contribution in [0.2, 0.25) is 0 Å². The Hall–Kier alpha value is -2.89. The van der Waals surface area contributed by atoms with Crippen molar-refractivity contribution in [2.24, 2.45) is 0 Å². The number of hydrogen-bond donors (Lipinski definition) is 1. The lowest BCUT2D eigenvalue weighted by Crippen LogP contribution is -2.15. The highest BCUT2D eigenvalue weighted by Gasteiger charge is 2.22. The van der Waals surface area contributed by atoms with Gasteiger partial charge in [-0.25, -0.2) is 14.8 Å². The number of ether oxygens (including phenoxy) is 1. The maximum atomic E-state index is 12.6. The summed E-state index contributed by atoms with van der Waals surface area (Å²) in [5.41, 5.74) is 4.67. The van der Waals surface area contributed by atoms with Gasteiger partial charge in [0, 0.05) is 22.7 Å². The summed E-state index contributed by atoms with van der Waals surface area (Å²) >= 11 is 0. The summed E-state index contributed by atoms with van der Waals surface area (Å²) in [6.07, 6.45) is 3.94. The second-order valence-electron chi connectivity index (χ2n) is 7.00. The third-order valence-corrected chi connectivity index (χ3v) is 4.66. The second kappa shape index (κ2) is 6.68. The third kappa shape index (κ3) is 2.85. The molecule has 3 heterocycles. The average Bonchev–Trinajstić information content (AvgIpc) is 3.20. The summed E-state index contributed by atoms with van der Waals surface area (Å²) in [6, 6.07) is 3.93. The van der Waals surface area contributed by atoms with E-state index in [0.717, 1.165) is 57.2 Å². The summed E-state index contributed by atoms with van der Waals surface area (Å²) < 4.78 is 11.3. The molecule has 0 unspecified atom stereocenters. The quantitative estimate of drug-likeness (QED) is 0.507. The lowest BCUT2D eigenvalue weighted by Gasteiger charge is -2.11. The SMILES string of the molecule is CCCc1nc2c(ccc3[nH]c4cnc(C(=O)OC(C)C)c(CC)c4c32)o1. The second-order valence-corrected chi connectivity index (χ2v) is 7.00. The number of esters is 1. The van der Waals surface area contributed by atoms with Crippen LogP contribution < -0.4 is 0 Å². The highest BCUT2D eigenvalue weighted by Crippen LogP contribution is 2.35. The maximum absolute atomic E-state index is 12.6. The van der Waals surface area contributed by atoms with E-state index in [0.29, 0.717) is 12.1 Å². The van der Waals surface area contributed by atoms with Gasteiger partial charge in [0.2, 0.25) is 0 Å². The number of aromatic amines is 1. The van der Waals surface area contributed by atoms with Crippen LogP contribution in [0, 0.1) is 0 Å². The first-order valence-electron chi connectivity index (χ1n) is 9.46. The third-order valence-electron chi connectivity index (χ3n) is 4.66. The number of H-pyrrole nitrogens is 1. The molecule has 0 radical (unpaired) electrons. The van der Waals surface area contributed by atoms with Crippen molar-refractivity contribution in [3.05, 3.63) is 35.5 Å². The number of rotatable bonds is 5. The van der Waals surface area contributed by atoms with Gasteiger partial charge in [-0.3, -0.25) is 0 Å². The molecule has 0 fully saturated rings. The van der Waals surface area contributed by atoms with Crippen LogP contribution in [0.3, 0.4) is 0 Å². The number of oxazole rings is 1. The zero-order chi connectivity index (χ0) is 19.1. The van der Waals surface area contributed by atoms with Crippen molar-refractivity contribution in [2.45, 2.75) is 53.1 Å². The number of nitrogens with one attached hydrogen (secondary N) is 1. The standard InChI is InChI=1S/C21H23N3O3/c1-5-7-16-24-20-15(27-16)9-8-13-18(20)17-12(6-2)19(21(25)26-11(3)4)22-10-14(17)23-13/h8-11,23H,5-7H2,1-4H3. The fourth-order valence-electron chi connectivity index (χ4n) is 3.59. The summed E-state index contributed by atoms with van der Waals surface area (Å²) in [5.74, 6) is 0.345. The molecule has 0 atom stereocenters. The Balaban J connectivity index is 2.04. The number of pyridine rings is 1. The lowest BCUT2D eigenvalue weighted by molar-refractivity contribution is 0.0370. The Morgan fingerprint density at radius 1 is 1.22 bits per heavy atom. The molecule has 6 heteroatoms. The smallest absolute Gasteiger partial charge is 0.357 e. The molecule has 6 nitrogen and oxygen atoms in total. The van der Waals surface area contributed by atoms with Crippen molar-refractivity contribution in [1.29, 1.82) is 0 Å². The Bertz CT molecular complexity index is 1150. The largest absolute Gasteiger partial charge is 0.458 e. The zero-order valence-electron chi connectivity index (χ0n) is 16.0. The van der Waals surface area contributed by atoms with Gasteiger partial charge in [0.05, 0.1) is 17.8 Å². The molecule has 0 amide bonds. The minimum Gasteiger partial charge on any atom is -0.458 e. The van der Waals surface area contributed by atoms with Crippen LogP contribution in [0.1, 0.15) is 56.1 Å². The number of nitrogens with zero attached hydrogens (tertiary/aromatic N) is 2. The molecule has 0 aliphatic carbocycles. The van der Waals surface area contributed by atoms with Crippen LogP contribution >= 0.6 is 0 Å². The molecule has 0 aliphatic heterocycles. The van der Waals surface area contributed by atoms with Crippen molar-refractivity contribution in [3.8, 4) is 0 Å². The van der Waals surface area contributed by atoms with Crippen LogP contribution in [-0.4, -0.2) is 27.0 Å². The molecule has 0 spiro atoms. The van der Waals surface area contributed by atoms with Crippen molar-refractivity contribution in [3.63, 3.8) is 0 Å². The number of benzene rings is 1. The molecule has 0 bridgehead atoms. The summed E-state index contributed by atoms with van der Waals surface area (Å²) in [5, 5.41) is 1.95. The van der Waals surface area contributed by atoms with Crippen LogP contribution in [0.4, 0.5) is 0 Å². The van der Waals surface area contributed by atoms with E-state index in [1.165, 1.54) is 0 Å². The van der Waals surface area contributed by atoms with Crippen molar-refractivity contribution >= 4 is 38.9 Å². The Labute approximate surface area is 156 Å². The summed E-state index contributed by atoms with van der Waals surface area (Å²) in [4.78, 5) is 25.1. The monoisotopic (exact) mass is 365 g/mol. The van der Waals surface area contributed by atoms with Gasteiger partial charge in [0.1, 0.15) is 5.52 Å². The first-order valence-corrected chi connectivity index (χ1v) is 9.46. The first kappa shape index (κ1) is 17.5. The topological polar surface area (TPSA) is 81.0 Å². The van der Waals surface area contributed by atoms with E-state index in [-0.39, 0.29) is 6.10 Å². The first-order chi connectivity index (χ1) is 13.0. The van der Waals surface area contributed by atoms with E-state index < -0.39 is 5.97 Å². The Kier molecular flexibility index (Phi) is 4.34. The van der Waals surface area contributed by atoms with Crippen LogP contribution in [-0.2, 0) is 17.6 Å². The number of carbonyl (C=O) groups excluding carboxylic acids is 1. The normalized spacial score (nSPS) is 11.9. The van der Waals surface area contributed by atoms with E-state index in [1.807, 2.05) is 32.9 Å². The lowest BCUT2D eigenvalue weighted by atomic mass is 10.0. The van der Waals surface area contributed by atoms with Crippen LogP contribution in [0.5, 0.6) is 0 Å². The molecule has 4 aromatic rings.